The zero-order chi connectivity index (χ0) is 18.2. The second-order valence-corrected chi connectivity index (χ2v) is 6.98. The van der Waals surface area contributed by atoms with E-state index in [1.807, 2.05) is 7.05 Å². The molecule has 2 N–H and O–H groups in total. The molecule has 2 aliphatic rings. The van der Waals surface area contributed by atoms with Crippen molar-refractivity contribution in [1.82, 2.24) is 20.4 Å². The zero-order valence-corrected chi connectivity index (χ0v) is 18.3. The summed E-state index contributed by atoms with van der Waals surface area (Å²) in [6, 6.07) is 0.135. The van der Waals surface area contributed by atoms with Crippen LogP contribution in [0.2, 0.25) is 0 Å². The molecule has 2 heterocycles. The predicted molar refractivity (Wildman–Crippen MR) is 112 cm³/mol. The number of ether oxygens (including phenoxy) is 1. The molecule has 2 unspecified atom stereocenters. The molecule has 0 aliphatic carbocycles. The number of aliphatic imine (C=N–C) groups is 1. The lowest BCUT2D eigenvalue weighted by molar-refractivity contribution is -0.132. The van der Waals surface area contributed by atoms with Crippen LogP contribution < -0.4 is 10.6 Å². The maximum atomic E-state index is 11.8. The van der Waals surface area contributed by atoms with Gasteiger partial charge in [0.25, 0.3) is 0 Å². The zero-order valence-electron chi connectivity index (χ0n) is 16.0. The number of halogens is 1. The minimum atomic E-state index is -0.0500. The number of guanidine groups is 1. The van der Waals surface area contributed by atoms with Crippen LogP contribution in [-0.4, -0.2) is 87.1 Å². The van der Waals surface area contributed by atoms with E-state index in [0.717, 1.165) is 25.9 Å². The monoisotopic (exact) mass is 481 g/mol. The first-order chi connectivity index (χ1) is 12.0. The molecule has 0 aromatic carbocycles. The van der Waals surface area contributed by atoms with Crippen LogP contribution in [0.15, 0.2) is 4.99 Å². The third kappa shape index (κ3) is 7.65. The first-order valence-corrected chi connectivity index (χ1v) is 9.06. The van der Waals surface area contributed by atoms with Crippen LogP contribution in [0.4, 0.5) is 0 Å². The summed E-state index contributed by atoms with van der Waals surface area (Å²) in [5.74, 6) is 0.728. The first kappa shape index (κ1) is 22.9. The van der Waals surface area contributed by atoms with Gasteiger partial charge in [0.1, 0.15) is 6.54 Å². The number of likely N-dealkylation sites (N-methyl/N-ethyl adjacent to an activating group) is 2. The van der Waals surface area contributed by atoms with Crippen molar-refractivity contribution < 1.29 is 14.3 Å². The summed E-state index contributed by atoms with van der Waals surface area (Å²) in [7, 11) is 5.25. The number of amides is 2. The van der Waals surface area contributed by atoms with Crippen molar-refractivity contribution in [3.05, 3.63) is 0 Å². The largest absolute Gasteiger partial charge is 0.376 e. The van der Waals surface area contributed by atoms with Crippen LogP contribution in [0.5, 0.6) is 0 Å². The molecule has 0 aromatic heterocycles. The molecule has 8 nitrogen and oxygen atoms in total. The molecule has 9 heteroatoms. The standard InChI is InChI=1S/C17H31N5O3.HI/c1-21(2)16(24)11-19-17(18-10-14-6-4-5-9-25-14)20-13-7-8-15(23)22(3)12-13;/h13-14H,4-12H2,1-3H3,(H2,18,19,20);1H. The molecule has 2 fully saturated rings. The van der Waals surface area contributed by atoms with Gasteiger partial charge in [0.15, 0.2) is 5.96 Å². The van der Waals surface area contributed by atoms with E-state index in [0.29, 0.717) is 25.5 Å². The van der Waals surface area contributed by atoms with Gasteiger partial charge in [-0.2, -0.15) is 0 Å². The fourth-order valence-electron chi connectivity index (χ4n) is 2.94. The summed E-state index contributed by atoms with van der Waals surface area (Å²) in [5.41, 5.74) is 0. The normalized spacial score (nSPS) is 23.9. The van der Waals surface area contributed by atoms with Gasteiger partial charge >= 0.3 is 0 Å². The molecule has 0 saturated carbocycles. The number of hydrogen-bond acceptors (Lipinski definition) is 4. The Morgan fingerprint density at radius 2 is 2.12 bits per heavy atom. The smallest absolute Gasteiger partial charge is 0.243 e. The Bertz CT molecular complexity index is 495. The van der Waals surface area contributed by atoms with E-state index in [1.54, 1.807) is 19.0 Å². The number of nitrogens with zero attached hydrogens (tertiary/aromatic N) is 3. The van der Waals surface area contributed by atoms with Crippen molar-refractivity contribution in [2.45, 2.75) is 44.2 Å². The van der Waals surface area contributed by atoms with Gasteiger partial charge in [-0.25, -0.2) is 4.99 Å². The van der Waals surface area contributed by atoms with Gasteiger partial charge in [0.05, 0.1) is 6.10 Å². The van der Waals surface area contributed by atoms with Crippen molar-refractivity contribution in [2.75, 3.05) is 47.4 Å². The van der Waals surface area contributed by atoms with Gasteiger partial charge in [0.2, 0.25) is 11.8 Å². The van der Waals surface area contributed by atoms with Crippen LogP contribution >= 0.6 is 24.0 Å². The van der Waals surface area contributed by atoms with Crippen molar-refractivity contribution in [3.63, 3.8) is 0 Å². The maximum Gasteiger partial charge on any atom is 0.243 e. The number of piperidine rings is 1. The minimum absolute atomic E-state index is 0. The number of carbonyl (C=O) groups excluding carboxylic acids is 2. The summed E-state index contributed by atoms with van der Waals surface area (Å²) in [4.78, 5) is 31.1. The van der Waals surface area contributed by atoms with E-state index in [2.05, 4.69) is 15.6 Å². The predicted octanol–water partition coefficient (Wildman–Crippen LogP) is 0.418. The SMILES string of the molecule is CN(C)C(=O)CN=C(NCC1CCCCO1)NC1CCC(=O)N(C)C1.I. The lowest BCUT2D eigenvalue weighted by Gasteiger charge is -2.31. The summed E-state index contributed by atoms with van der Waals surface area (Å²) in [6.45, 7) is 2.21. The van der Waals surface area contributed by atoms with Crippen molar-refractivity contribution in [3.8, 4) is 0 Å². The first-order valence-electron chi connectivity index (χ1n) is 9.06. The van der Waals surface area contributed by atoms with Crippen LogP contribution in [-0.2, 0) is 14.3 Å². The number of rotatable bonds is 5. The second kappa shape index (κ2) is 11.6. The van der Waals surface area contributed by atoms with Crippen LogP contribution in [0.3, 0.4) is 0 Å². The van der Waals surface area contributed by atoms with Crippen LogP contribution in [0.25, 0.3) is 0 Å². The molecular formula is C17H32IN5O3. The van der Waals surface area contributed by atoms with E-state index in [-0.39, 0.29) is 54.5 Å². The number of nitrogens with one attached hydrogen (secondary N) is 2. The third-order valence-electron chi connectivity index (χ3n) is 4.61. The molecule has 0 radical (unpaired) electrons. The molecule has 2 aliphatic heterocycles. The van der Waals surface area contributed by atoms with E-state index in [1.165, 1.54) is 11.3 Å². The Morgan fingerprint density at radius 1 is 1.35 bits per heavy atom. The van der Waals surface area contributed by atoms with Gasteiger partial charge in [0, 0.05) is 53.3 Å². The lowest BCUT2D eigenvalue weighted by Crippen LogP contribution is -2.53. The molecule has 0 bridgehead atoms. The summed E-state index contributed by atoms with van der Waals surface area (Å²) in [5, 5.41) is 6.66. The Hall–Kier alpha value is -1.10. The van der Waals surface area contributed by atoms with E-state index in [4.69, 9.17) is 4.74 Å². The molecule has 0 aromatic rings. The average Bonchev–Trinajstić information content (AvgIpc) is 2.61. The molecule has 150 valence electrons. The molecule has 2 rings (SSSR count). The van der Waals surface area contributed by atoms with Crippen molar-refractivity contribution in [1.29, 1.82) is 0 Å². The molecule has 2 atom stereocenters. The van der Waals surface area contributed by atoms with Gasteiger partial charge < -0.3 is 25.2 Å². The summed E-state index contributed by atoms with van der Waals surface area (Å²) >= 11 is 0. The highest BCUT2D eigenvalue weighted by molar-refractivity contribution is 14.0. The Kier molecular flexibility index (Phi) is 10.2. The fourth-order valence-corrected chi connectivity index (χ4v) is 2.94. The second-order valence-electron chi connectivity index (χ2n) is 6.98. The Morgan fingerprint density at radius 3 is 2.73 bits per heavy atom. The number of likely N-dealkylation sites (tertiary alicyclic amines) is 1. The summed E-state index contributed by atoms with van der Waals surface area (Å²) < 4.78 is 5.74. The minimum Gasteiger partial charge on any atom is -0.376 e. The molecule has 2 saturated heterocycles. The van der Waals surface area contributed by atoms with E-state index < -0.39 is 0 Å². The maximum absolute atomic E-state index is 11.8. The topological polar surface area (TPSA) is 86.3 Å². The summed E-state index contributed by atoms with van der Waals surface area (Å²) in [6.07, 6.45) is 4.82. The molecule has 0 spiro atoms. The van der Waals surface area contributed by atoms with Crippen LogP contribution in [0.1, 0.15) is 32.1 Å². The fraction of sp³-hybridized carbons (Fsp3) is 0.824. The molecule has 2 amide bonds. The van der Waals surface area contributed by atoms with E-state index >= 15 is 0 Å². The van der Waals surface area contributed by atoms with Crippen LogP contribution in [0, 0.1) is 0 Å². The number of hydrogen-bond donors (Lipinski definition) is 2. The molecule has 26 heavy (non-hydrogen) atoms. The highest BCUT2D eigenvalue weighted by Gasteiger charge is 2.24. The quantitative estimate of drug-likeness (QED) is 0.338. The highest BCUT2D eigenvalue weighted by Crippen LogP contribution is 2.12. The van der Waals surface area contributed by atoms with Crippen molar-refractivity contribution >= 4 is 41.8 Å². The van der Waals surface area contributed by atoms with Gasteiger partial charge in [-0.1, -0.05) is 0 Å². The Balaban J connectivity index is 0.00000338. The van der Waals surface area contributed by atoms with Gasteiger partial charge in [-0.05, 0) is 25.7 Å². The van der Waals surface area contributed by atoms with Crippen molar-refractivity contribution in [2.24, 2.45) is 4.99 Å². The van der Waals surface area contributed by atoms with Gasteiger partial charge in [-0.15, -0.1) is 24.0 Å². The number of carbonyl (C=O) groups is 2. The van der Waals surface area contributed by atoms with E-state index in [9.17, 15) is 9.59 Å². The Labute approximate surface area is 173 Å². The molecular weight excluding hydrogens is 449 g/mol. The average molecular weight is 481 g/mol. The van der Waals surface area contributed by atoms with Gasteiger partial charge in [-0.3, -0.25) is 9.59 Å². The lowest BCUT2D eigenvalue weighted by atomic mass is 10.1. The third-order valence-corrected chi connectivity index (χ3v) is 4.61. The highest BCUT2D eigenvalue weighted by atomic mass is 127.